The van der Waals surface area contributed by atoms with E-state index in [9.17, 15) is 0 Å². The molecule has 3 rings (SSSR count). The summed E-state index contributed by atoms with van der Waals surface area (Å²) in [6, 6.07) is 23.0. The van der Waals surface area contributed by atoms with Crippen molar-refractivity contribution in [3.63, 3.8) is 0 Å². The summed E-state index contributed by atoms with van der Waals surface area (Å²) in [5, 5.41) is -0.978. The monoisotopic (exact) mass is 492 g/mol. The lowest BCUT2D eigenvalue weighted by Gasteiger charge is -2.20. The average molecular weight is 493 g/mol. The van der Waals surface area contributed by atoms with Crippen LogP contribution in [0.1, 0.15) is 33.0 Å². The van der Waals surface area contributed by atoms with Gasteiger partial charge in [-0.2, -0.15) is 0 Å². The maximum Gasteiger partial charge on any atom is 0.145 e. The van der Waals surface area contributed by atoms with E-state index in [1.807, 2.05) is 66.7 Å². The van der Waals surface area contributed by atoms with Gasteiger partial charge >= 0.3 is 0 Å². The molecule has 0 aliphatic rings. The van der Waals surface area contributed by atoms with E-state index < -0.39 is 10.8 Å². The highest BCUT2D eigenvalue weighted by molar-refractivity contribution is 6.23. The fourth-order valence-electron chi connectivity index (χ4n) is 3.15. The third-order valence-corrected chi connectivity index (χ3v) is 5.73. The van der Waals surface area contributed by atoms with Gasteiger partial charge in [0, 0.05) is 34.8 Å². The summed E-state index contributed by atoms with van der Waals surface area (Å²) in [5.41, 5.74) is 3.22. The van der Waals surface area contributed by atoms with E-state index in [-0.39, 0.29) is 0 Å². The molecule has 0 bridgehead atoms. The lowest BCUT2D eigenvalue weighted by molar-refractivity contribution is 0.407. The molecule has 3 aromatic carbocycles. The Labute approximate surface area is 216 Å². The zero-order chi connectivity index (χ0) is 24.9. The van der Waals surface area contributed by atoms with Gasteiger partial charge in [-0.05, 0) is 46.9 Å². The number of terminal acetylenes is 1. The minimum Gasteiger partial charge on any atom is -0.496 e. The first kappa shape index (κ1) is 25.3. The highest BCUT2D eigenvalue weighted by Gasteiger charge is 2.23. The Kier molecular flexibility index (Phi) is 9.65. The predicted octanol–water partition coefficient (Wildman–Crippen LogP) is 6.33. The molecule has 0 N–H and O–H groups in total. The Balaban J connectivity index is 2.01. The van der Waals surface area contributed by atoms with Crippen molar-refractivity contribution in [3.8, 4) is 71.4 Å². The smallest absolute Gasteiger partial charge is 0.145 e. The van der Waals surface area contributed by atoms with Crippen molar-refractivity contribution < 1.29 is 9.47 Å². The molecular weight excluding hydrogens is 475 g/mol. The molecule has 0 aliphatic heterocycles. The van der Waals surface area contributed by atoms with Crippen molar-refractivity contribution >= 4 is 23.2 Å². The molecule has 0 amide bonds. The lowest BCUT2D eigenvalue weighted by Crippen LogP contribution is -2.03. The molecule has 2 unspecified atom stereocenters. The van der Waals surface area contributed by atoms with Gasteiger partial charge in [0.2, 0.25) is 0 Å². The van der Waals surface area contributed by atoms with Crippen LogP contribution in [0.5, 0.6) is 11.5 Å². The van der Waals surface area contributed by atoms with Gasteiger partial charge in [0.15, 0.2) is 0 Å². The average Bonchev–Trinajstić information content (AvgIpc) is 2.92. The number of benzene rings is 3. The zero-order valence-electron chi connectivity index (χ0n) is 18.7. The molecule has 35 heavy (non-hydrogen) atoms. The number of rotatable bonds is 6. The molecule has 0 saturated heterocycles. The summed E-state index contributed by atoms with van der Waals surface area (Å²) in [7, 11) is 1.59. The summed E-state index contributed by atoms with van der Waals surface area (Å²) < 4.78 is 11.5. The van der Waals surface area contributed by atoms with Crippen LogP contribution in [-0.4, -0.2) is 7.11 Å². The molecule has 0 aromatic heterocycles. The van der Waals surface area contributed by atoms with Gasteiger partial charge in [0.25, 0.3) is 0 Å². The highest BCUT2D eigenvalue weighted by atomic mass is 35.5. The van der Waals surface area contributed by atoms with Crippen LogP contribution < -0.4 is 9.47 Å². The molecule has 0 heterocycles. The van der Waals surface area contributed by atoms with Crippen LogP contribution in [0.15, 0.2) is 72.8 Å². The van der Waals surface area contributed by atoms with Crippen molar-refractivity contribution in [1.82, 2.24) is 0 Å². The van der Waals surface area contributed by atoms with E-state index in [0.29, 0.717) is 17.1 Å². The summed E-state index contributed by atoms with van der Waals surface area (Å²) in [4.78, 5) is 0. The second-order valence-corrected chi connectivity index (χ2v) is 7.77. The van der Waals surface area contributed by atoms with Gasteiger partial charge in [-0.1, -0.05) is 60.7 Å². The third kappa shape index (κ3) is 7.06. The molecule has 4 heteroatoms. The maximum absolute atomic E-state index is 6.85. The van der Waals surface area contributed by atoms with E-state index in [4.69, 9.17) is 39.1 Å². The first-order valence-corrected chi connectivity index (χ1v) is 11.2. The quantitative estimate of drug-likeness (QED) is 0.295. The zero-order valence-corrected chi connectivity index (χ0v) is 20.2. The van der Waals surface area contributed by atoms with Gasteiger partial charge in [-0.25, -0.2) is 0 Å². The van der Waals surface area contributed by atoms with Crippen molar-refractivity contribution in [2.75, 3.05) is 7.11 Å². The maximum atomic E-state index is 6.85. The van der Waals surface area contributed by atoms with Gasteiger partial charge < -0.3 is 9.47 Å². The molecular formula is C31H18Cl2O2. The molecule has 0 spiro atoms. The molecule has 168 valence electrons. The van der Waals surface area contributed by atoms with E-state index in [1.54, 1.807) is 13.2 Å². The second kappa shape index (κ2) is 13.4. The van der Waals surface area contributed by atoms with E-state index in [2.05, 4.69) is 53.5 Å². The Morgan fingerprint density at radius 1 is 0.657 bits per heavy atom. The molecule has 0 fully saturated rings. The van der Waals surface area contributed by atoms with Gasteiger partial charge in [0.1, 0.15) is 17.6 Å². The summed E-state index contributed by atoms with van der Waals surface area (Å²) >= 11 is 13.7. The summed E-state index contributed by atoms with van der Waals surface area (Å²) in [6.45, 7) is 0. The molecule has 0 aliphatic carbocycles. The van der Waals surface area contributed by atoms with E-state index >= 15 is 0 Å². The Bertz CT molecular complexity index is 1460. The Morgan fingerprint density at radius 3 is 1.63 bits per heavy atom. The predicted molar refractivity (Wildman–Crippen MR) is 142 cm³/mol. The first-order valence-electron chi connectivity index (χ1n) is 10.4. The number of methoxy groups -OCH3 is 1. The van der Waals surface area contributed by atoms with Crippen molar-refractivity contribution in [2.45, 2.75) is 10.8 Å². The van der Waals surface area contributed by atoms with Crippen LogP contribution in [0.25, 0.3) is 0 Å². The van der Waals surface area contributed by atoms with Crippen LogP contribution >= 0.6 is 23.2 Å². The molecule has 2 atom stereocenters. The first-order chi connectivity index (χ1) is 17.2. The van der Waals surface area contributed by atoms with E-state index in [1.165, 1.54) is 0 Å². The molecule has 0 radical (unpaired) electrons. The minimum atomic E-state index is -0.506. The summed E-state index contributed by atoms with van der Waals surface area (Å²) in [6.07, 6.45) is 7.61. The van der Waals surface area contributed by atoms with E-state index in [0.717, 1.165) is 16.7 Å². The SMILES string of the molecule is C#CC#CC#CC#CC#COc1cc(C(Cl)c2ccccc2)c(OC)cc1C(Cl)c1ccccc1. The number of halogens is 2. The highest BCUT2D eigenvalue weighted by Crippen LogP contribution is 2.43. The minimum absolute atomic E-state index is 0.450. The van der Waals surface area contributed by atoms with Crippen LogP contribution in [0.4, 0.5) is 0 Å². The fourth-order valence-corrected chi connectivity index (χ4v) is 3.79. The van der Waals surface area contributed by atoms with Crippen LogP contribution in [0.3, 0.4) is 0 Å². The van der Waals surface area contributed by atoms with Gasteiger partial charge in [-0.3, -0.25) is 0 Å². The normalized spacial score (nSPS) is 10.7. The van der Waals surface area contributed by atoms with Crippen molar-refractivity contribution in [3.05, 3.63) is 95.1 Å². The molecule has 3 aromatic rings. The standard InChI is InChI=1S/C31H18Cl2O2/c1-3-4-5-6-7-8-9-16-21-35-29-23-26(30(32)24-17-12-10-13-18-24)28(34-2)22-27(29)31(33)25-19-14-11-15-20-25/h1,10-15,17-20,22-23,30-31H,2H3. The van der Waals surface area contributed by atoms with Gasteiger partial charge in [0.05, 0.1) is 17.9 Å². The Morgan fingerprint density at radius 2 is 1.11 bits per heavy atom. The topological polar surface area (TPSA) is 18.5 Å². The lowest BCUT2D eigenvalue weighted by atomic mass is 9.97. The molecule has 2 nitrogen and oxygen atoms in total. The number of ether oxygens (including phenoxy) is 2. The fraction of sp³-hybridized carbons (Fsp3) is 0.0968. The molecule has 0 saturated carbocycles. The van der Waals surface area contributed by atoms with Crippen LogP contribution in [-0.2, 0) is 0 Å². The second-order valence-electron chi connectivity index (χ2n) is 6.90. The van der Waals surface area contributed by atoms with Gasteiger partial charge in [-0.15, -0.1) is 29.6 Å². The third-order valence-electron chi connectivity index (χ3n) is 4.75. The number of hydrogen-bond donors (Lipinski definition) is 0. The number of alkyl halides is 2. The number of hydrogen-bond acceptors (Lipinski definition) is 2. The van der Waals surface area contributed by atoms with Crippen LogP contribution in [0.2, 0.25) is 0 Å². The van der Waals surface area contributed by atoms with Crippen LogP contribution in [0, 0.1) is 59.9 Å². The summed E-state index contributed by atoms with van der Waals surface area (Å²) in [5.74, 6) is 20.8. The van der Waals surface area contributed by atoms with Crippen molar-refractivity contribution in [2.24, 2.45) is 0 Å². The van der Waals surface area contributed by atoms with Crippen molar-refractivity contribution in [1.29, 1.82) is 0 Å². The largest absolute Gasteiger partial charge is 0.496 e. The Hall–Kier alpha value is -4.36.